The van der Waals surface area contributed by atoms with Crippen LogP contribution in [0.4, 0.5) is 0 Å². The SMILES string of the molecule is Cc1ccc(CNC(=O)C2CCN(CCC#N)CC2)cc1. The van der Waals surface area contributed by atoms with Gasteiger partial charge in [0.05, 0.1) is 6.07 Å². The fraction of sp³-hybridized carbons (Fsp3) is 0.529. The number of amides is 1. The second kappa shape index (κ2) is 7.80. The Balaban J connectivity index is 1.72. The van der Waals surface area contributed by atoms with Gasteiger partial charge in [0.25, 0.3) is 0 Å². The van der Waals surface area contributed by atoms with E-state index in [1.165, 1.54) is 5.56 Å². The first-order valence-corrected chi connectivity index (χ1v) is 7.61. The first kappa shape index (κ1) is 15.5. The summed E-state index contributed by atoms with van der Waals surface area (Å²) in [6.07, 6.45) is 2.36. The summed E-state index contributed by atoms with van der Waals surface area (Å²) in [4.78, 5) is 14.4. The number of hydrogen-bond donors (Lipinski definition) is 1. The molecule has 1 amide bonds. The van der Waals surface area contributed by atoms with E-state index in [4.69, 9.17) is 5.26 Å². The van der Waals surface area contributed by atoms with E-state index >= 15 is 0 Å². The molecule has 0 unspecified atom stereocenters. The van der Waals surface area contributed by atoms with Crippen molar-refractivity contribution >= 4 is 5.91 Å². The van der Waals surface area contributed by atoms with Crippen LogP contribution in [0, 0.1) is 24.2 Å². The number of carbonyl (C=O) groups is 1. The van der Waals surface area contributed by atoms with E-state index in [0.29, 0.717) is 13.0 Å². The smallest absolute Gasteiger partial charge is 0.223 e. The number of nitriles is 1. The summed E-state index contributed by atoms with van der Waals surface area (Å²) in [5.74, 6) is 0.282. The molecule has 0 bridgehead atoms. The molecule has 21 heavy (non-hydrogen) atoms. The summed E-state index contributed by atoms with van der Waals surface area (Å²) in [7, 11) is 0. The van der Waals surface area contributed by atoms with Crippen LogP contribution in [0.15, 0.2) is 24.3 Å². The van der Waals surface area contributed by atoms with Crippen LogP contribution >= 0.6 is 0 Å². The van der Waals surface area contributed by atoms with Crippen molar-refractivity contribution in [1.82, 2.24) is 10.2 Å². The molecule has 1 saturated heterocycles. The Kier molecular flexibility index (Phi) is 5.77. The first-order chi connectivity index (χ1) is 10.2. The number of benzene rings is 1. The minimum atomic E-state index is 0.119. The molecule has 0 radical (unpaired) electrons. The Morgan fingerprint density at radius 1 is 1.33 bits per heavy atom. The molecule has 1 aliphatic rings. The van der Waals surface area contributed by atoms with Crippen molar-refractivity contribution in [1.29, 1.82) is 5.26 Å². The lowest BCUT2D eigenvalue weighted by atomic mass is 9.95. The van der Waals surface area contributed by atoms with Gasteiger partial charge in [0.15, 0.2) is 0 Å². The predicted octanol–water partition coefficient (Wildman–Crippen LogP) is 2.24. The average molecular weight is 285 g/mol. The molecule has 1 aromatic carbocycles. The summed E-state index contributed by atoms with van der Waals surface area (Å²) < 4.78 is 0. The van der Waals surface area contributed by atoms with Gasteiger partial charge in [-0.2, -0.15) is 5.26 Å². The molecular formula is C17H23N3O. The van der Waals surface area contributed by atoms with Crippen LogP contribution in [0.5, 0.6) is 0 Å². The molecule has 1 heterocycles. The number of rotatable bonds is 5. The minimum absolute atomic E-state index is 0.119. The highest BCUT2D eigenvalue weighted by atomic mass is 16.1. The Bertz CT molecular complexity index is 496. The Labute approximate surface area is 126 Å². The largest absolute Gasteiger partial charge is 0.352 e. The van der Waals surface area contributed by atoms with Crippen molar-refractivity contribution in [3.05, 3.63) is 35.4 Å². The summed E-state index contributed by atoms with van der Waals surface area (Å²) in [5.41, 5.74) is 2.37. The van der Waals surface area contributed by atoms with Crippen LogP contribution in [-0.2, 0) is 11.3 Å². The molecule has 2 rings (SSSR count). The maximum atomic E-state index is 12.2. The van der Waals surface area contributed by atoms with Crippen molar-refractivity contribution < 1.29 is 4.79 Å². The molecule has 1 fully saturated rings. The monoisotopic (exact) mass is 285 g/mol. The van der Waals surface area contributed by atoms with Crippen molar-refractivity contribution in [2.24, 2.45) is 5.92 Å². The number of piperidine rings is 1. The molecule has 4 heteroatoms. The number of nitrogens with one attached hydrogen (secondary N) is 1. The number of aryl methyl sites for hydroxylation is 1. The molecule has 0 spiro atoms. The zero-order valence-corrected chi connectivity index (χ0v) is 12.6. The highest BCUT2D eigenvalue weighted by Gasteiger charge is 2.24. The van der Waals surface area contributed by atoms with Gasteiger partial charge in [-0.05, 0) is 38.4 Å². The molecule has 0 aliphatic carbocycles. The van der Waals surface area contributed by atoms with Gasteiger partial charge in [0.2, 0.25) is 5.91 Å². The van der Waals surface area contributed by atoms with Crippen molar-refractivity contribution in [2.75, 3.05) is 19.6 Å². The number of hydrogen-bond acceptors (Lipinski definition) is 3. The van der Waals surface area contributed by atoms with E-state index in [1.807, 2.05) is 0 Å². The van der Waals surface area contributed by atoms with E-state index in [-0.39, 0.29) is 11.8 Å². The molecule has 1 aromatic rings. The van der Waals surface area contributed by atoms with Crippen LogP contribution in [0.2, 0.25) is 0 Å². The van der Waals surface area contributed by atoms with Crippen molar-refractivity contribution in [3.8, 4) is 6.07 Å². The molecular weight excluding hydrogens is 262 g/mol. The summed E-state index contributed by atoms with van der Waals surface area (Å²) in [5, 5.41) is 11.6. The molecule has 1 N–H and O–H groups in total. The van der Waals surface area contributed by atoms with Gasteiger partial charge in [0, 0.05) is 25.4 Å². The normalized spacial score (nSPS) is 16.4. The second-order valence-corrected chi connectivity index (χ2v) is 5.73. The Morgan fingerprint density at radius 3 is 2.62 bits per heavy atom. The number of likely N-dealkylation sites (tertiary alicyclic amines) is 1. The third-order valence-electron chi connectivity index (χ3n) is 4.09. The standard InChI is InChI=1S/C17H23N3O/c1-14-3-5-15(6-4-14)13-19-17(21)16-7-11-20(12-8-16)10-2-9-18/h3-6,16H,2,7-8,10-13H2,1H3,(H,19,21). The highest BCUT2D eigenvalue weighted by molar-refractivity contribution is 5.78. The number of nitrogens with zero attached hydrogens (tertiary/aromatic N) is 2. The summed E-state index contributed by atoms with van der Waals surface area (Å²) in [6, 6.07) is 10.4. The summed E-state index contributed by atoms with van der Waals surface area (Å²) >= 11 is 0. The molecule has 0 saturated carbocycles. The van der Waals surface area contributed by atoms with Gasteiger partial charge in [-0.25, -0.2) is 0 Å². The summed E-state index contributed by atoms with van der Waals surface area (Å²) in [6.45, 7) is 5.33. The van der Waals surface area contributed by atoms with Gasteiger partial charge in [-0.1, -0.05) is 29.8 Å². The fourth-order valence-electron chi connectivity index (χ4n) is 2.67. The van der Waals surface area contributed by atoms with E-state index in [2.05, 4.69) is 47.5 Å². The van der Waals surface area contributed by atoms with Crippen LogP contribution < -0.4 is 5.32 Å². The van der Waals surface area contributed by atoms with E-state index in [0.717, 1.165) is 38.0 Å². The maximum absolute atomic E-state index is 12.2. The fourth-order valence-corrected chi connectivity index (χ4v) is 2.67. The molecule has 112 valence electrons. The van der Waals surface area contributed by atoms with Crippen LogP contribution in [-0.4, -0.2) is 30.4 Å². The maximum Gasteiger partial charge on any atom is 0.223 e. The lowest BCUT2D eigenvalue weighted by Crippen LogP contribution is -2.40. The lowest BCUT2D eigenvalue weighted by molar-refractivity contribution is -0.126. The third kappa shape index (κ3) is 4.87. The topological polar surface area (TPSA) is 56.1 Å². The van der Waals surface area contributed by atoms with Crippen LogP contribution in [0.1, 0.15) is 30.4 Å². The van der Waals surface area contributed by atoms with Crippen LogP contribution in [0.3, 0.4) is 0 Å². The van der Waals surface area contributed by atoms with Gasteiger partial charge >= 0.3 is 0 Å². The van der Waals surface area contributed by atoms with E-state index < -0.39 is 0 Å². The lowest BCUT2D eigenvalue weighted by Gasteiger charge is -2.30. The molecule has 0 atom stereocenters. The zero-order valence-electron chi connectivity index (χ0n) is 12.6. The van der Waals surface area contributed by atoms with Crippen LogP contribution in [0.25, 0.3) is 0 Å². The molecule has 1 aliphatic heterocycles. The van der Waals surface area contributed by atoms with Gasteiger partial charge in [0.1, 0.15) is 0 Å². The third-order valence-corrected chi connectivity index (χ3v) is 4.09. The molecule has 4 nitrogen and oxygen atoms in total. The van der Waals surface area contributed by atoms with Crippen molar-refractivity contribution in [3.63, 3.8) is 0 Å². The Hall–Kier alpha value is -1.86. The molecule has 0 aromatic heterocycles. The Morgan fingerprint density at radius 2 is 2.00 bits per heavy atom. The number of carbonyl (C=O) groups excluding carboxylic acids is 1. The zero-order chi connectivity index (χ0) is 15.1. The quantitative estimate of drug-likeness (QED) is 0.902. The predicted molar refractivity (Wildman–Crippen MR) is 82.4 cm³/mol. The van der Waals surface area contributed by atoms with Gasteiger partial charge in [-0.15, -0.1) is 0 Å². The minimum Gasteiger partial charge on any atom is -0.352 e. The average Bonchev–Trinajstić information content (AvgIpc) is 2.52. The van der Waals surface area contributed by atoms with Gasteiger partial charge < -0.3 is 10.2 Å². The van der Waals surface area contributed by atoms with Gasteiger partial charge in [-0.3, -0.25) is 4.79 Å². The second-order valence-electron chi connectivity index (χ2n) is 5.73. The van der Waals surface area contributed by atoms with E-state index in [1.54, 1.807) is 0 Å². The highest BCUT2D eigenvalue weighted by Crippen LogP contribution is 2.17. The van der Waals surface area contributed by atoms with E-state index in [9.17, 15) is 4.79 Å². The first-order valence-electron chi connectivity index (χ1n) is 7.61. The van der Waals surface area contributed by atoms with Crippen molar-refractivity contribution in [2.45, 2.75) is 32.7 Å².